The number of hydrogen-bond donors (Lipinski definition) is 0. The number of imidazole rings is 3. The van der Waals surface area contributed by atoms with E-state index < -0.39 is 0 Å². The molecule has 19 rings (SSSR count). The average molecular weight is 1490 g/mol. The summed E-state index contributed by atoms with van der Waals surface area (Å²) >= 11 is 0. The van der Waals surface area contributed by atoms with Gasteiger partial charge in [0.05, 0.1) is 33.5 Å². The van der Waals surface area contributed by atoms with Gasteiger partial charge in [0.2, 0.25) is 5.78 Å². The van der Waals surface area contributed by atoms with Crippen LogP contribution in [0.1, 0.15) is 61.8 Å². The van der Waals surface area contributed by atoms with Crippen LogP contribution in [0, 0.1) is 18.2 Å². The molecule has 102 heavy (non-hydrogen) atoms. The number of aromatic nitrogens is 7. The van der Waals surface area contributed by atoms with Crippen LogP contribution in [-0.4, -0.2) is 33.5 Å². The first-order valence-electron chi connectivity index (χ1n) is 34.6. The predicted molar refractivity (Wildman–Crippen MR) is 412 cm³/mol. The van der Waals surface area contributed by atoms with Crippen molar-refractivity contribution < 1.29 is 28.9 Å². The van der Waals surface area contributed by atoms with Crippen molar-refractivity contribution in [2.45, 2.75) is 52.4 Å². The van der Waals surface area contributed by atoms with Gasteiger partial charge in [-0.05, 0) is 165 Å². The maximum Gasteiger partial charge on any atom is 3.00 e. The molecule has 0 amide bonds. The molecule has 0 atom stereocenters. The summed E-state index contributed by atoms with van der Waals surface area (Å²) in [5.41, 5.74) is 26.6. The number of para-hydroxylation sites is 3. The van der Waals surface area contributed by atoms with Crippen molar-refractivity contribution in [2.75, 3.05) is 0 Å². The van der Waals surface area contributed by atoms with Crippen LogP contribution in [0.5, 0.6) is 0 Å². The normalized spacial score (nSPS) is 11.7. The van der Waals surface area contributed by atoms with E-state index in [4.69, 9.17) is 23.8 Å². The van der Waals surface area contributed by atoms with Crippen molar-refractivity contribution in [3.63, 3.8) is 0 Å². The van der Waals surface area contributed by atoms with Gasteiger partial charge in [0.15, 0.2) is 0 Å². The van der Waals surface area contributed by atoms with Crippen LogP contribution < -0.4 is 0 Å². The third-order valence-corrected chi connectivity index (χ3v) is 19.7. The SMILES string of the molecule is CC(C)c1cc(-c2ccc3c(c2)oc2ccccc23)cc(C(C)C)c1-n1ccnc1-c1[c-]ccc2c1oc1c3ccc(-c4ccccc4)cc3ccc21.[Ir+3].[c-]1ccc(-c2cccc3nc4n(-c5ccccc5)c5ccc(CCc6cccnc6-c6[c-]cccc6)cc5n4c23)cc1-c1ccccn1. The van der Waals surface area contributed by atoms with Gasteiger partial charge in [0, 0.05) is 57.7 Å². The third-order valence-electron chi connectivity index (χ3n) is 19.7. The Kier molecular flexibility index (Phi) is 16.5. The van der Waals surface area contributed by atoms with Gasteiger partial charge in [0.25, 0.3) is 0 Å². The molecule has 0 fully saturated rings. The number of rotatable bonds is 13. The predicted octanol–water partition coefficient (Wildman–Crippen LogP) is 23.5. The van der Waals surface area contributed by atoms with Gasteiger partial charge in [-0.1, -0.05) is 183 Å². The minimum absolute atomic E-state index is 0. The van der Waals surface area contributed by atoms with Crippen molar-refractivity contribution in [3.8, 4) is 78.7 Å². The number of aryl methyl sites for hydroxylation is 2. The molecule has 0 unspecified atom stereocenters. The minimum Gasteiger partial charge on any atom is -0.500 e. The smallest absolute Gasteiger partial charge is 0.500 e. The molecule has 10 heteroatoms. The summed E-state index contributed by atoms with van der Waals surface area (Å²) in [6.45, 7) is 9.08. The number of nitrogens with zero attached hydrogens (tertiary/aromatic N) is 7. The molecule has 9 nitrogen and oxygen atoms in total. The van der Waals surface area contributed by atoms with E-state index in [9.17, 15) is 0 Å². The topological polar surface area (TPSA) is 92.1 Å². The van der Waals surface area contributed by atoms with Crippen LogP contribution in [0.4, 0.5) is 0 Å². The van der Waals surface area contributed by atoms with E-state index in [-0.39, 0.29) is 31.9 Å². The van der Waals surface area contributed by atoms with Crippen molar-refractivity contribution >= 4 is 82.5 Å². The molecule has 0 bridgehead atoms. The fraction of sp³-hybridized carbons (Fsp3) is 0.0870. The fourth-order valence-electron chi connectivity index (χ4n) is 14.8. The number of benzene rings is 12. The second-order valence-electron chi connectivity index (χ2n) is 26.6. The summed E-state index contributed by atoms with van der Waals surface area (Å²) in [6, 6.07) is 104. The number of furan rings is 2. The Morgan fingerprint density at radius 2 is 1.19 bits per heavy atom. The third kappa shape index (κ3) is 11.3. The Hall–Kier alpha value is -12.1. The van der Waals surface area contributed by atoms with E-state index in [0.717, 1.165) is 157 Å². The standard InChI is InChI=1S/C49H37N2O2.C43H29N5.Ir/c1-29(2)42-26-35(33-18-21-38-37-13-8-9-16-44(37)52-45(38)28-33)27-43(30(3)4)46(42)51-24-23-50-49(51)41-15-10-14-39-40-22-19-34-25-32(31-11-6-5-7-12-31)17-20-36(34)47(40)53-48(39)41;1-3-12-31(13-4-1)41-32(16-11-27-45-41)24-22-30-23-25-39-40(28-30)48-42-36(33-14-9-15-34(29-33)37-20-7-8-26-44-37)19-10-21-38(42)46-43(48)47(39)35-17-5-2-6-18-35;/h5-14,16-30H,1-4H3;1-12,14,16-21,23,25-29H,22,24H2;/q-1;-2;+3. The molecule has 0 saturated carbocycles. The van der Waals surface area contributed by atoms with Crippen LogP contribution in [-0.2, 0) is 32.9 Å². The van der Waals surface area contributed by atoms with E-state index in [1.54, 1.807) is 0 Å². The molecule has 0 N–H and O–H groups in total. The molecule has 7 aromatic heterocycles. The molecule has 0 aliphatic carbocycles. The van der Waals surface area contributed by atoms with Crippen LogP contribution in [0.25, 0.3) is 161 Å². The first-order valence-corrected chi connectivity index (χ1v) is 34.6. The Balaban J connectivity index is 0.000000151. The number of fused-ring (bicyclic) bond motifs is 13. The second kappa shape index (κ2) is 26.5. The quantitative estimate of drug-likeness (QED) is 0.107. The molecule has 7 heterocycles. The van der Waals surface area contributed by atoms with Gasteiger partial charge in [-0.25, -0.2) is 4.98 Å². The molecule has 0 aliphatic rings. The Labute approximate surface area is 604 Å². The summed E-state index contributed by atoms with van der Waals surface area (Å²) < 4.78 is 20.0. The van der Waals surface area contributed by atoms with Crippen LogP contribution in [0.15, 0.2) is 301 Å². The summed E-state index contributed by atoms with van der Waals surface area (Å²) in [5.74, 6) is 2.21. The van der Waals surface area contributed by atoms with Crippen molar-refractivity contribution in [1.82, 2.24) is 33.5 Å². The van der Waals surface area contributed by atoms with Crippen molar-refractivity contribution in [3.05, 3.63) is 332 Å². The van der Waals surface area contributed by atoms with E-state index in [2.05, 4.69) is 271 Å². The first kappa shape index (κ1) is 63.4. The van der Waals surface area contributed by atoms with Crippen LogP contribution >= 0.6 is 0 Å². The van der Waals surface area contributed by atoms with E-state index in [0.29, 0.717) is 0 Å². The minimum atomic E-state index is 0. The van der Waals surface area contributed by atoms with Gasteiger partial charge in [-0.15, -0.1) is 83.9 Å². The number of hydrogen-bond acceptors (Lipinski definition) is 6. The maximum atomic E-state index is 6.85. The van der Waals surface area contributed by atoms with Gasteiger partial charge < -0.3 is 23.4 Å². The molecule has 0 aliphatic heterocycles. The Morgan fingerprint density at radius 1 is 0.451 bits per heavy atom. The second-order valence-corrected chi connectivity index (χ2v) is 26.6. The van der Waals surface area contributed by atoms with Crippen molar-refractivity contribution in [1.29, 1.82) is 0 Å². The molecule has 19 aromatic rings. The van der Waals surface area contributed by atoms with Gasteiger partial charge >= 0.3 is 20.1 Å². The Bertz CT molecular complexity index is 6310. The molecule has 0 radical (unpaired) electrons. The zero-order chi connectivity index (χ0) is 67.7. The largest absolute Gasteiger partial charge is 3.00 e. The summed E-state index contributed by atoms with van der Waals surface area (Å²) in [5, 5.41) is 6.66. The number of pyridine rings is 2. The van der Waals surface area contributed by atoms with Crippen LogP contribution in [0.3, 0.4) is 0 Å². The van der Waals surface area contributed by atoms with Gasteiger partial charge in [-0.3, -0.25) is 14.0 Å². The van der Waals surface area contributed by atoms with Gasteiger partial charge in [0.1, 0.15) is 16.7 Å². The molecule has 0 spiro atoms. The zero-order valence-corrected chi connectivity index (χ0v) is 59.0. The van der Waals surface area contributed by atoms with E-state index in [1.807, 2.05) is 85.3 Å². The maximum absolute atomic E-state index is 6.85. The van der Waals surface area contributed by atoms with Crippen molar-refractivity contribution in [2.24, 2.45) is 0 Å². The van der Waals surface area contributed by atoms with Crippen LogP contribution in [0.2, 0.25) is 0 Å². The molecule has 490 valence electrons. The summed E-state index contributed by atoms with van der Waals surface area (Å²) in [7, 11) is 0. The van der Waals surface area contributed by atoms with E-state index >= 15 is 0 Å². The molecule has 12 aromatic carbocycles. The summed E-state index contributed by atoms with van der Waals surface area (Å²) in [4.78, 5) is 19.5. The average Bonchev–Trinajstić information content (AvgIpc) is 1.55. The zero-order valence-electron chi connectivity index (χ0n) is 56.6. The monoisotopic (exact) mass is 1490 g/mol. The Morgan fingerprint density at radius 3 is 2.00 bits per heavy atom. The first-order chi connectivity index (χ1) is 49.7. The van der Waals surface area contributed by atoms with Gasteiger partial charge in [-0.2, -0.15) is 0 Å². The summed E-state index contributed by atoms with van der Waals surface area (Å²) in [6.07, 6.45) is 9.40. The van der Waals surface area contributed by atoms with E-state index in [1.165, 1.54) is 38.9 Å². The molecular weight excluding hydrogens is 1430 g/mol. The molecular formula is C92H66IrN7O2. The fourth-order valence-corrected chi connectivity index (χ4v) is 14.8. The molecule has 0 saturated heterocycles.